The van der Waals surface area contributed by atoms with Crippen LogP contribution in [0.15, 0.2) is 53.7 Å². The molecule has 1 aromatic heterocycles. The molecule has 4 heteroatoms. The Kier molecular flexibility index (Phi) is 4.29. The van der Waals surface area contributed by atoms with Gasteiger partial charge in [-0.1, -0.05) is 60.3 Å². The van der Waals surface area contributed by atoms with Crippen molar-refractivity contribution in [3.05, 3.63) is 65.2 Å². The Bertz CT molecular complexity index is 793. The zero-order valence-electron chi connectivity index (χ0n) is 13.1. The second-order valence-corrected chi connectivity index (χ2v) is 6.34. The summed E-state index contributed by atoms with van der Waals surface area (Å²) in [4.78, 5) is 0. The number of hydrogen-bond acceptors (Lipinski definition) is 3. The van der Waals surface area contributed by atoms with Crippen molar-refractivity contribution in [1.82, 2.24) is 14.8 Å². The summed E-state index contributed by atoms with van der Waals surface area (Å²) in [6, 6.07) is 16.7. The normalized spacial score (nSPS) is 10.9. The van der Waals surface area contributed by atoms with Gasteiger partial charge >= 0.3 is 0 Å². The summed E-state index contributed by atoms with van der Waals surface area (Å²) in [5.41, 5.74) is 5.01. The number of hydrogen-bond donors (Lipinski definition) is 0. The predicted molar refractivity (Wildman–Crippen MR) is 91.9 cm³/mol. The third-order valence-corrected chi connectivity index (χ3v) is 4.91. The minimum atomic E-state index is 0.909. The Labute approximate surface area is 135 Å². The van der Waals surface area contributed by atoms with Crippen LogP contribution in [0, 0.1) is 13.8 Å². The van der Waals surface area contributed by atoms with E-state index in [0.29, 0.717) is 0 Å². The van der Waals surface area contributed by atoms with E-state index in [1.54, 1.807) is 11.8 Å². The van der Waals surface area contributed by atoms with Gasteiger partial charge in [-0.05, 0) is 30.5 Å². The quantitative estimate of drug-likeness (QED) is 0.670. The SMILES string of the molecule is Cc1ccccc1CSc1nnc(-c2ccccc2C)n1C. The van der Waals surface area contributed by atoms with E-state index < -0.39 is 0 Å². The highest BCUT2D eigenvalue weighted by molar-refractivity contribution is 7.98. The van der Waals surface area contributed by atoms with Crippen LogP contribution < -0.4 is 0 Å². The molecule has 0 aliphatic rings. The highest BCUT2D eigenvalue weighted by Crippen LogP contribution is 2.27. The molecular weight excluding hydrogens is 290 g/mol. The maximum absolute atomic E-state index is 4.37. The summed E-state index contributed by atoms with van der Waals surface area (Å²) in [6.45, 7) is 4.25. The first-order valence-corrected chi connectivity index (χ1v) is 8.28. The average molecular weight is 309 g/mol. The van der Waals surface area contributed by atoms with Crippen molar-refractivity contribution >= 4 is 11.8 Å². The number of nitrogens with zero attached hydrogens (tertiary/aromatic N) is 3. The zero-order valence-corrected chi connectivity index (χ0v) is 13.9. The maximum atomic E-state index is 4.37. The Hall–Kier alpha value is -2.07. The minimum Gasteiger partial charge on any atom is -0.305 e. The first kappa shape index (κ1) is 14.9. The van der Waals surface area contributed by atoms with Crippen LogP contribution >= 0.6 is 11.8 Å². The average Bonchev–Trinajstić information content (AvgIpc) is 2.88. The Morgan fingerprint density at radius 1 is 0.909 bits per heavy atom. The third kappa shape index (κ3) is 2.92. The van der Waals surface area contributed by atoms with Gasteiger partial charge in [0.1, 0.15) is 0 Å². The van der Waals surface area contributed by atoms with Crippen LogP contribution in [-0.2, 0) is 12.8 Å². The fourth-order valence-corrected chi connectivity index (χ4v) is 3.40. The molecule has 0 saturated heterocycles. The van der Waals surface area contributed by atoms with Gasteiger partial charge in [0.2, 0.25) is 0 Å². The standard InChI is InChI=1S/C18H19N3S/c1-13-8-4-6-10-15(13)12-22-18-20-19-17(21(18)3)16-11-7-5-9-14(16)2/h4-11H,12H2,1-3H3. The second-order valence-electron chi connectivity index (χ2n) is 5.40. The zero-order chi connectivity index (χ0) is 15.5. The first-order valence-electron chi connectivity index (χ1n) is 7.29. The van der Waals surface area contributed by atoms with Crippen molar-refractivity contribution in [3.8, 4) is 11.4 Å². The van der Waals surface area contributed by atoms with E-state index in [0.717, 1.165) is 22.3 Å². The van der Waals surface area contributed by atoms with Gasteiger partial charge in [-0.15, -0.1) is 10.2 Å². The van der Waals surface area contributed by atoms with Crippen LogP contribution in [0.4, 0.5) is 0 Å². The summed E-state index contributed by atoms with van der Waals surface area (Å²) in [7, 11) is 2.03. The molecule has 0 unspecified atom stereocenters. The van der Waals surface area contributed by atoms with Crippen molar-refractivity contribution in [2.75, 3.05) is 0 Å². The molecule has 2 aromatic carbocycles. The molecule has 112 valence electrons. The molecule has 0 bridgehead atoms. The van der Waals surface area contributed by atoms with E-state index >= 15 is 0 Å². The van der Waals surface area contributed by atoms with Gasteiger partial charge in [0, 0.05) is 18.4 Å². The Morgan fingerprint density at radius 2 is 1.59 bits per heavy atom. The molecule has 0 spiro atoms. The van der Waals surface area contributed by atoms with Gasteiger partial charge in [0.15, 0.2) is 11.0 Å². The molecule has 0 atom stereocenters. The molecule has 3 rings (SSSR count). The van der Waals surface area contributed by atoms with Crippen LogP contribution in [0.5, 0.6) is 0 Å². The molecule has 0 saturated carbocycles. The molecule has 0 aliphatic heterocycles. The van der Waals surface area contributed by atoms with E-state index in [2.05, 4.69) is 65.0 Å². The number of thioether (sulfide) groups is 1. The fraction of sp³-hybridized carbons (Fsp3) is 0.222. The van der Waals surface area contributed by atoms with Gasteiger partial charge < -0.3 is 4.57 Å². The molecule has 0 amide bonds. The third-order valence-electron chi connectivity index (χ3n) is 3.84. The molecule has 0 fully saturated rings. The van der Waals surface area contributed by atoms with Gasteiger partial charge in [-0.2, -0.15) is 0 Å². The molecule has 3 nitrogen and oxygen atoms in total. The van der Waals surface area contributed by atoms with Crippen molar-refractivity contribution in [2.45, 2.75) is 24.8 Å². The van der Waals surface area contributed by atoms with Crippen molar-refractivity contribution in [1.29, 1.82) is 0 Å². The molecule has 1 heterocycles. The lowest BCUT2D eigenvalue weighted by molar-refractivity contribution is 0.793. The number of aryl methyl sites for hydroxylation is 2. The van der Waals surface area contributed by atoms with Crippen LogP contribution in [-0.4, -0.2) is 14.8 Å². The summed E-state index contributed by atoms with van der Waals surface area (Å²) < 4.78 is 2.07. The van der Waals surface area contributed by atoms with E-state index in [1.165, 1.54) is 16.7 Å². The molecule has 0 N–H and O–H groups in total. The Morgan fingerprint density at radius 3 is 2.32 bits per heavy atom. The van der Waals surface area contributed by atoms with Crippen molar-refractivity contribution in [2.24, 2.45) is 7.05 Å². The highest BCUT2D eigenvalue weighted by atomic mass is 32.2. The topological polar surface area (TPSA) is 30.7 Å². The monoisotopic (exact) mass is 309 g/mol. The second kappa shape index (κ2) is 6.36. The molecule has 0 radical (unpaired) electrons. The van der Waals surface area contributed by atoms with Crippen LogP contribution in [0.3, 0.4) is 0 Å². The number of rotatable bonds is 4. The first-order chi connectivity index (χ1) is 10.7. The lowest BCUT2D eigenvalue weighted by Gasteiger charge is -2.07. The highest BCUT2D eigenvalue weighted by Gasteiger charge is 2.13. The Balaban J connectivity index is 1.83. The van der Waals surface area contributed by atoms with Gasteiger partial charge in [0.25, 0.3) is 0 Å². The van der Waals surface area contributed by atoms with Crippen molar-refractivity contribution in [3.63, 3.8) is 0 Å². The lowest BCUT2D eigenvalue weighted by atomic mass is 10.1. The minimum absolute atomic E-state index is 0.909. The molecular formula is C18H19N3S. The van der Waals surface area contributed by atoms with E-state index in [-0.39, 0.29) is 0 Å². The van der Waals surface area contributed by atoms with E-state index in [9.17, 15) is 0 Å². The number of benzene rings is 2. The van der Waals surface area contributed by atoms with Crippen molar-refractivity contribution < 1.29 is 0 Å². The summed E-state index contributed by atoms with van der Waals surface area (Å²) in [5, 5.41) is 9.67. The van der Waals surface area contributed by atoms with E-state index in [1.807, 2.05) is 19.2 Å². The summed E-state index contributed by atoms with van der Waals surface area (Å²) in [5.74, 6) is 1.83. The van der Waals surface area contributed by atoms with E-state index in [4.69, 9.17) is 0 Å². The lowest BCUT2D eigenvalue weighted by Crippen LogP contribution is -1.96. The molecule has 22 heavy (non-hydrogen) atoms. The largest absolute Gasteiger partial charge is 0.305 e. The summed E-state index contributed by atoms with van der Waals surface area (Å²) >= 11 is 1.73. The predicted octanol–water partition coefficient (Wildman–Crippen LogP) is 4.39. The molecule has 3 aromatic rings. The molecule has 0 aliphatic carbocycles. The van der Waals surface area contributed by atoms with Gasteiger partial charge in [0.05, 0.1) is 0 Å². The van der Waals surface area contributed by atoms with Crippen LogP contribution in [0.1, 0.15) is 16.7 Å². The summed E-state index contributed by atoms with van der Waals surface area (Å²) in [6.07, 6.45) is 0. The van der Waals surface area contributed by atoms with Crippen LogP contribution in [0.2, 0.25) is 0 Å². The van der Waals surface area contributed by atoms with Gasteiger partial charge in [-0.25, -0.2) is 0 Å². The van der Waals surface area contributed by atoms with Crippen LogP contribution in [0.25, 0.3) is 11.4 Å². The van der Waals surface area contributed by atoms with Gasteiger partial charge in [-0.3, -0.25) is 0 Å². The maximum Gasteiger partial charge on any atom is 0.191 e. The fourth-order valence-electron chi connectivity index (χ4n) is 2.41. The smallest absolute Gasteiger partial charge is 0.191 e. The number of aromatic nitrogens is 3.